The van der Waals surface area contributed by atoms with Gasteiger partial charge >= 0.3 is 0 Å². The Morgan fingerprint density at radius 3 is 2.68 bits per heavy atom. The van der Waals surface area contributed by atoms with Gasteiger partial charge in [0, 0.05) is 29.7 Å². The van der Waals surface area contributed by atoms with Gasteiger partial charge in [0.25, 0.3) is 0 Å². The summed E-state index contributed by atoms with van der Waals surface area (Å²) in [7, 11) is 0. The van der Waals surface area contributed by atoms with Gasteiger partial charge < -0.3 is 15.0 Å². The van der Waals surface area contributed by atoms with Crippen molar-refractivity contribution in [3.63, 3.8) is 0 Å². The number of fused-ring (bicyclic) bond motifs is 3. The van der Waals surface area contributed by atoms with E-state index in [0.717, 1.165) is 25.8 Å². The molecule has 5 nitrogen and oxygen atoms in total. The zero-order valence-electron chi connectivity index (χ0n) is 14.7. The van der Waals surface area contributed by atoms with E-state index in [2.05, 4.69) is 22.8 Å². The van der Waals surface area contributed by atoms with Gasteiger partial charge in [-0.3, -0.25) is 0 Å². The van der Waals surface area contributed by atoms with E-state index in [9.17, 15) is 10.4 Å². The van der Waals surface area contributed by atoms with Crippen LogP contribution in [0.4, 0.5) is 0 Å². The molecule has 134 valence electrons. The summed E-state index contributed by atoms with van der Waals surface area (Å²) in [5, 5.41) is 24.1. The molecule has 1 aromatic heterocycles. The Kier molecular flexibility index (Phi) is 3.86. The van der Waals surface area contributed by atoms with E-state index in [1.54, 1.807) is 5.01 Å². The van der Waals surface area contributed by atoms with Crippen molar-refractivity contribution in [2.75, 3.05) is 6.54 Å². The number of hydrogen-bond donors (Lipinski definition) is 1. The number of hydrazine groups is 1. The average Bonchev–Trinajstić information content (AvgIpc) is 2.98. The van der Waals surface area contributed by atoms with E-state index in [0.29, 0.717) is 12.5 Å². The molecule has 2 aliphatic carbocycles. The van der Waals surface area contributed by atoms with Crippen molar-refractivity contribution in [2.24, 2.45) is 0 Å². The van der Waals surface area contributed by atoms with E-state index >= 15 is 0 Å². The number of rotatable bonds is 2. The van der Waals surface area contributed by atoms with E-state index in [4.69, 9.17) is 0 Å². The van der Waals surface area contributed by atoms with E-state index in [1.165, 1.54) is 59.8 Å². The normalized spacial score (nSPS) is 24.8. The van der Waals surface area contributed by atoms with Gasteiger partial charge in [-0.1, -0.05) is 25.3 Å². The standard InChI is InChI=1S/C20H26N3O2/c24-23(25)22-12-11-21-18-10-9-15(14-5-2-1-3-6-14)13-17(18)16-7-4-8-19(22)20(16)21/h9-10,13-14,19,24H,1-8,11-12H2/q-1/t19-/m0/s1. The Labute approximate surface area is 148 Å². The fourth-order valence-electron chi connectivity index (χ4n) is 5.50. The highest BCUT2D eigenvalue weighted by molar-refractivity contribution is 5.87. The number of nitrogens with zero attached hydrogens (tertiary/aromatic N) is 3. The summed E-state index contributed by atoms with van der Waals surface area (Å²) >= 11 is 0. The molecule has 5 rings (SSSR count). The van der Waals surface area contributed by atoms with E-state index in [1.807, 2.05) is 0 Å². The predicted octanol–water partition coefficient (Wildman–Crippen LogP) is 4.49. The smallest absolute Gasteiger partial charge is 0.0663 e. The van der Waals surface area contributed by atoms with Crippen molar-refractivity contribution in [2.45, 2.75) is 69.9 Å². The minimum absolute atomic E-state index is 0.0190. The quantitative estimate of drug-likeness (QED) is 0.819. The molecule has 1 fully saturated rings. The first kappa shape index (κ1) is 15.8. The highest BCUT2D eigenvalue weighted by atomic mass is 16.8. The molecule has 5 heteroatoms. The first-order valence-electron chi connectivity index (χ1n) is 9.81. The number of aromatic nitrogens is 1. The fourth-order valence-corrected chi connectivity index (χ4v) is 5.50. The number of hydrogen-bond acceptors (Lipinski definition) is 4. The van der Waals surface area contributed by atoms with Gasteiger partial charge in [-0.15, -0.1) is 0 Å². The van der Waals surface area contributed by atoms with Crippen molar-refractivity contribution >= 4 is 10.9 Å². The van der Waals surface area contributed by atoms with Crippen molar-refractivity contribution in [3.05, 3.63) is 40.2 Å². The van der Waals surface area contributed by atoms with Crippen LogP contribution in [0.25, 0.3) is 10.9 Å². The Morgan fingerprint density at radius 2 is 1.88 bits per heavy atom. The highest BCUT2D eigenvalue weighted by Crippen LogP contribution is 2.44. The van der Waals surface area contributed by atoms with Gasteiger partial charge in [0.2, 0.25) is 0 Å². The first-order chi connectivity index (χ1) is 12.2. The molecule has 1 atom stereocenters. The second-order valence-electron chi connectivity index (χ2n) is 7.95. The SMILES string of the molecule is [O-]N(O)N1CCn2c3c(c4cc(C5CCCCC5)ccc42)CCC[C@@H]31. The Bertz CT molecular complexity index is 792. The van der Waals surface area contributed by atoms with Crippen LogP contribution in [0.5, 0.6) is 0 Å². The molecule has 1 saturated carbocycles. The minimum Gasteiger partial charge on any atom is -0.748 e. The lowest BCUT2D eigenvalue weighted by Gasteiger charge is -2.45. The molecule has 0 saturated heterocycles. The van der Waals surface area contributed by atoms with Crippen LogP contribution in [0.2, 0.25) is 0 Å². The summed E-state index contributed by atoms with van der Waals surface area (Å²) in [6.07, 6.45) is 9.84. The number of aryl methyl sites for hydroxylation is 1. The third kappa shape index (κ3) is 2.45. The second-order valence-corrected chi connectivity index (χ2v) is 7.95. The van der Waals surface area contributed by atoms with Gasteiger partial charge in [-0.05, 0) is 61.3 Å². The third-order valence-electron chi connectivity index (χ3n) is 6.67. The summed E-state index contributed by atoms with van der Waals surface area (Å²) in [4.78, 5) is 0. The van der Waals surface area contributed by atoms with Crippen LogP contribution < -0.4 is 0 Å². The highest BCUT2D eigenvalue weighted by Gasteiger charge is 2.35. The zero-order chi connectivity index (χ0) is 17.0. The maximum atomic E-state index is 11.6. The van der Waals surface area contributed by atoms with Gasteiger partial charge in [-0.25, -0.2) is 5.01 Å². The lowest BCUT2D eigenvalue weighted by molar-refractivity contribution is -0.233. The largest absolute Gasteiger partial charge is 0.748 e. The Hall–Kier alpha value is -1.40. The van der Waals surface area contributed by atoms with Crippen LogP contribution in [0.3, 0.4) is 0 Å². The zero-order valence-corrected chi connectivity index (χ0v) is 14.7. The van der Waals surface area contributed by atoms with E-state index < -0.39 is 0 Å². The van der Waals surface area contributed by atoms with Gasteiger partial charge in [0.05, 0.1) is 6.04 Å². The molecular weight excluding hydrogens is 314 g/mol. The van der Waals surface area contributed by atoms with Crippen molar-refractivity contribution in [1.82, 2.24) is 14.9 Å². The summed E-state index contributed by atoms with van der Waals surface area (Å²) in [5.41, 5.74) is 5.49. The molecule has 1 aromatic carbocycles. The van der Waals surface area contributed by atoms with Crippen molar-refractivity contribution in [3.8, 4) is 0 Å². The van der Waals surface area contributed by atoms with Crippen LogP contribution in [0.15, 0.2) is 18.2 Å². The summed E-state index contributed by atoms with van der Waals surface area (Å²) in [6, 6.07) is 7.09. The van der Waals surface area contributed by atoms with Gasteiger partial charge in [0.15, 0.2) is 0 Å². The van der Waals surface area contributed by atoms with Crippen LogP contribution >= 0.6 is 0 Å². The van der Waals surface area contributed by atoms with Crippen LogP contribution in [-0.4, -0.2) is 26.7 Å². The van der Waals surface area contributed by atoms with Crippen LogP contribution in [0.1, 0.15) is 73.7 Å². The molecule has 0 bridgehead atoms. The molecule has 3 aliphatic rings. The summed E-state index contributed by atoms with van der Waals surface area (Å²) in [6.45, 7) is 1.34. The van der Waals surface area contributed by atoms with Crippen molar-refractivity contribution in [1.29, 1.82) is 0 Å². The third-order valence-corrected chi connectivity index (χ3v) is 6.67. The maximum Gasteiger partial charge on any atom is 0.0663 e. The first-order valence-corrected chi connectivity index (χ1v) is 9.81. The minimum atomic E-state index is 0.0190. The molecule has 2 heterocycles. The molecule has 1 N–H and O–H groups in total. The molecule has 1 aliphatic heterocycles. The lowest BCUT2D eigenvalue weighted by Crippen LogP contribution is -2.46. The van der Waals surface area contributed by atoms with Crippen LogP contribution in [0, 0.1) is 5.21 Å². The molecular formula is C20H26N3O2-. The van der Waals surface area contributed by atoms with Crippen LogP contribution in [-0.2, 0) is 13.0 Å². The molecule has 0 radical (unpaired) electrons. The van der Waals surface area contributed by atoms with Crippen molar-refractivity contribution < 1.29 is 5.21 Å². The maximum absolute atomic E-state index is 11.6. The molecule has 25 heavy (non-hydrogen) atoms. The average molecular weight is 340 g/mol. The predicted molar refractivity (Wildman–Crippen MR) is 97.1 cm³/mol. The lowest BCUT2D eigenvalue weighted by atomic mass is 9.83. The molecule has 0 spiro atoms. The number of benzene rings is 1. The Morgan fingerprint density at radius 1 is 1.04 bits per heavy atom. The van der Waals surface area contributed by atoms with Gasteiger partial charge in [0.1, 0.15) is 0 Å². The Balaban J connectivity index is 1.63. The monoisotopic (exact) mass is 340 g/mol. The topological polar surface area (TPSA) is 54.7 Å². The molecule has 0 amide bonds. The van der Waals surface area contributed by atoms with Gasteiger partial charge in [-0.2, -0.15) is 5.34 Å². The summed E-state index contributed by atoms with van der Waals surface area (Å²) < 4.78 is 2.40. The second kappa shape index (κ2) is 6.09. The molecule has 2 aromatic rings. The summed E-state index contributed by atoms with van der Waals surface area (Å²) in [5.74, 6) is 0.715. The molecule has 0 unspecified atom stereocenters. The van der Waals surface area contributed by atoms with E-state index in [-0.39, 0.29) is 11.4 Å². The fraction of sp³-hybridized carbons (Fsp3) is 0.600.